The number of hydrogen-bond donors (Lipinski definition) is 2. The van der Waals surface area contributed by atoms with Gasteiger partial charge in [0.25, 0.3) is 0 Å². The van der Waals surface area contributed by atoms with Crippen LogP contribution in [-0.4, -0.2) is 58.5 Å². The maximum absolute atomic E-state index is 13.2. The van der Waals surface area contributed by atoms with Crippen molar-refractivity contribution in [2.24, 2.45) is 5.92 Å². The molecule has 1 fully saturated rings. The summed E-state index contributed by atoms with van der Waals surface area (Å²) in [6.45, 7) is 5.84. The molecule has 1 atom stereocenters. The van der Waals surface area contributed by atoms with E-state index in [0.29, 0.717) is 30.4 Å². The van der Waals surface area contributed by atoms with E-state index < -0.39 is 15.9 Å². The minimum Gasteiger partial charge on any atom is -0.350 e. The minimum atomic E-state index is -3.80. The van der Waals surface area contributed by atoms with Crippen molar-refractivity contribution in [3.8, 4) is 0 Å². The third-order valence-electron chi connectivity index (χ3n) is 4.56. The number of aromatic nitrogens is 2. The van der Waals surface area contributed by atoms with Gasteiger partial charge in [0.2, 0.25) is 21.8 Å². The first-order valence-electron chi connectivity index (χ1n) is 9.38. The van der Waals surface area contributed by atoms with Crippen LogP contribution in [-0.2, 0) is 19.6 Å². The molecule has 1 aliphatic heterocycles. The van der Waals surface area contributed by atoms with Gasteiger partial charge in [-0.2, -0.15) is 13.1 Å². The van der Waals surface area contributed by atoms with E-state index in [4.69, 9.17) is 0 Å². The number of fused-ring (bicyclic) bond motifs is 1. The zero-order chi connectivity index (χ0) is 21.2. The molecule has 2 aromatic rings. The molecule has 29 heavy (non-hydrogen) atoms. The van der Waals surface area contributed by atoms with Crippen LogP contribution in [0.4, 0.5) is 0 Å². The smallest absolute Gasteiger partial charge is 0.245 e. The molecule has 0 bridgehead atoms. The number of nitrogens with one attached hydrogen (secondary N) is 2. The summed E-state index contributed by atoms with van der Waals surface area (Å²) < 4.78 is 35.8. The third kappa shape index (κ3) is 5.09. The second-order valence-corrected chi connectivity index (χ2v) is 10.5. The van der Waals surface area contributed by atoms with Crippen LogP contribution in [0.5, 0.6) is 0 Å². The van der Waals surface area contributed by atoms with Crippen molar-refractivity contribution in [3.05, 3.63) is 18.2 Å². The SMILES string of the molecule is CC(C)(C)NC(=O)CNC(=O)C1CCCN(S(=O)(=O)c2cccc3nsnc23)C1. The number of amides is 2. The molecule has 2 heterocycles. The Morgan fingerprint density at radius 3 is 2.76 bits per heavy atom. The van der Waals surface area contributed by atoms with Crippen LogP contribution in [0.2, 0.25) is 0 Å². The lowest BCUT2D eigenvalue weighted by molar-refractivity contribution is -0.129. The zero-order valence-corrected chi connectivity index (χ0v) is 18.3. The van der Waals surface area contributed by atoms with Crippen molar-refractivity contribution in [1.29, 1.82) is 0 Å². The van der Waals surface area contributed by atoms with Crippen molar-refractivity contribution in [2.45, 2.75) is 44.0 Å². The number of rotatable bonds is 5. The molecule has 9 nitrogen and oxygen atoms in total. The summed E-state index contributed by atoms with van der Waals surface area (Å²) in [7, 11) is -3.80. The second-order valence-electron chi connectivity index (χ2n) is 8.11. The van der Waals surface area contributed by atoms with E-state index in [2.05, 4.69) is 19.4 Å². The van der Waals surface area contributed by atoms with Crippen LogP contribution in [0.25, 0.3) is 11.0 Å². The number of carbonyl (C=O) groups is 2. The third-order valence-corrected chi connectivity index (χ3v) is 7.00. The first-order valence-corrected chi connectivity index (χ1v) is 11.5. The standard InChI is InChI=1S/C18H25N5O4S2/c1-18(2,3)20-15(24)10-19-17(25)12-6-5-9-23(11-12)29(26,27)14-8-4-7-13-16(14)22-28-21-13/h4,7-8,12H,5-6,9-11H2,1-3H3,(H,19,25)(H,20,24). The van der Waals surface area contributed by atoms with Crippen molar-refractivity contribution >= 4 is 44.6 Å². The van der Waals surface area contributed by atoms with Crippen molar-refractivity contribution < 1.29 is 18.0 Å². The fraction of sp³-hybridized carbons (Fsp3) is 0.556. The Bertz CT molecular complexity index is 1010. The van der Waals surface area contributed by atoms with E-state index in [1.165, 1.54) is 10.4 Å². The molecule has 0 saturated carbocycles. The molecule has 3 rings (SSSR count). The first-order chi connectivity index (χ1) is 13.6. The summed E-state index contributed by atoms with van der Waals surface area (Å²) in [5.74, 6) is -1.11. The van der Waals surface area contributed by atoms with E-state index >= 15 is 0 Å². The van der Waals surface area contributed by atoms with Gasteiger partial charge in [0.05, 0.1) is 24.2 Å². The van der Waals surface area contributed by atoms with Crippen LogP contribution >= 0.6 is 11.7 Å². The highest BCUT2D eigenvalue weighted by molar-refractivity contribution is 7.89. The van der Waals surface area contributed by atoms with Gasteiger partial charge in [-0.15, -0.1) is 0 Å². The van der Waals surface area contributed by atoms with Crippen molar-refractivity contribution in [3.63, 3.8) is 0 Å². The van der Waals surface area contributed by atoms with Crippen LogP contribution in [0.3, 0.4) is 0 Å². The Morgan fingerprint density at radius 1 is 1.28 bits per heavy atom. The minimum absolute atomic E-state index is 0.0724. The van der Waals surface area contributed by atoms with Crippen LogP contribution in [0.15, 0.2) is 23.1 Å². The number of sulfonamides is 1. The summed E-state index contributed by atoms with van der Waals surface area (Å²) >= 11 is 0.963. The molecular weight excluding hydrogens is 414 g/mol. The van der Waals surface area contributed by atoms with Crippen molar-refractivity contribution in [1.82, 2.24) is 23.7 Å². The van der Waals surface area contributed by atoms with E-state index in [1.807, 2.05) is 20.8 Å². The molecule has 1 aromatic carbocycles. The molecule has 1 aromatic heterocycles. The normalized spacial score (nSPS) is 18.5. The molecule has 1 unspecified atom stereocenters. The van der Waals surface area contributed by atoms with E-state index in [-0.39, 0.29) is 35.3 Å². The summed E-state index contributed by atoms with van der Waals surface area (Å²) in [6, 6.07) is 4.87. The predicted octanol–water partition coefficient (Wildman–Crippen LogP) is 1.12. The molecule has 0 spiro atoms. The average molecular weight is 440 g/mol. The number of piperidine rings is 1. The Balaban J connectivity index is 1.68. The number of hydrogen-bond acceptors (Lipinski definition) is 7. The Morgan fingerprint density at radius 2 is 2.03 bits per heavy atom. The highest BCUT2D eigenvalue weighted by Gasteiger charge is 2.34. The molecule has 11 heteroatoms. The Kier molecular flexibility index (Phi) is 6.20. The van der Waals surface area contributed by atoms with Crippen LogP contribution < -0.4 is 10.6 Å². The molecule has 2 N–H and O–H groups in total. The van der Waals surface area contributed by atoms with Gasteiger partial charge in [-0.05, 0) is 45.7 Å². The molecular formula is C18H25N5O4S2. The van der Waals surface area contributed by atoms with Gasteiger partial charge in [-0.3, -0.25) is 9.59 Å². The molecule has 158 valence electrons. The highest BCUT2D eigenvalue weighted by Crippen LogP contribution is 2.28. The van der Waals surface area contributed by atoms with Crippen molar-refractivity contribution in [2.75, 3.05) is 19.6 Å². The summed E-state index contributed by atoms with van der Waals surface area (Å²) in [6.07, 6.45) is 1.14. The van der Waals surface area contributed by atoms with Gasteiger partial charge in [0.15, 0.2) is 0 Å². The van der Waals surface area contributed by atoms with Crippen LogP contribution in [0.1, 0.15) is 33.6 Å². The zero-order valence-electron chi connectivity index (χ0n) is 16.6. The summed E-state index contributed by atoms with van der Waals surface area (Å²) in [5.41, 5.74) is 0.499. The lowest BCUT2D eigenvalue weighted by Crippen LogP contribution is -2.49. The summed E-state index contributed by atoms with van der Waals surface area (Å²) in [5, 5.41) is 5.39. The molecule has 0 radical (unpaired) electrons. The number of carbonyl (C=O) groups excluding carboxylic acids is 2. The van der Waals surface area contributed by atoms with Gasteiger partial charge in [0.1, 0.15) is 15.9 Å². The Labute approximate surface area is 174 Å². The number of benzene rings is 1. The van der Waals surface area contributed by atoms with E-state index in [1.54, 1.807) is 12.1 Å². The largest absolute Gasteiger partial charge is 0.350 e. The topological polar surface area (TPSA) is 121 Å². The number of nitrogens with zero attached hydrogens (tertiary/aromatic N) is 3. The molecule has 0 aliphatic carbocycles. The van der Waals surface area contributed by atoms with E-state index in [0.717, 1.165) is 11.7 Å². The summed E-state index contributed by atoms with van der Waals surface area (Å²) in [4.78, 5) is 24.5. The quantitative estimate of drug-likeness (QED) is 0.720. The predicted molar refractivity (Wildman–Crippen MR) is 110 cm³/mol. The highest BCUT2D eigenvalue weighted by atomic mass is 32.2. The van der Waals surface area contributed by atoms with Gasteiger partial charge < -0.3 is 10.6 Å². The molecule has 1 saturated heterocycles. The monoisotopic (exact) mass is 439 g/mol. The van der Waals surface area contributed by atoms with Gasteiger partial charge in [-0.1, -0.05) is 6.07 Å². The fourth-order valence-electron chi connectivity index (χ4n) is 3.28. The van der Waals surface area contributed by atoms with Gasteiger partial charge >= 0.3 is 0 Å². The van der Waals surface area contributed by atoms with E-state index in [9.17, 15) is 18.0 Å². The lowest BCUT2D eigenvalue weighted by atomic mass is 9.99. The van der Waals surface area contributed by atoms with Gasteiger partial charge in [0, 0.05) is 18.6 Å². The Hall–Kier alpha value is -2.11. The molecule has 2 amide bonds. The lowest BCUT2D eigenvalue weighted by Gasteiger charge is -2.31. The van der Waals surface area contributed by atoms with Crippen LogP contribution in [0, 0.1) is 5.92 Å². The maximum Gasteiger partial charge on any atom is 0.245 e. The first kappa shape index (κ1) is 21.6. The van der Waals surface area contributed by atoms with Gasteiger partial charge in [-0.25, -0.2) is 8.42 Å². The molecule has 1 aliphatic rings. The fourth-order valence-corrected chi connectivity index (χ4v) is 5.55. The maximum atomic E-state index is 13.2. The average Bonchev–Trinajstić information content (AvgIpc) is 3.13. The second kappa shape index (κ2) is 8.33.